The smallest absolute Gasteiger partial charge is 0.306 e. The molecule has 1 saturated heterocycles. The monoisotopic (exact) mass is 343 g/mol. The second-order valence-electron chi connectivity index (χ2n) is 6.43. The number of carboxylic acids is 1. The molecule has 2 heterocycles. The minimum absolute atomic E-state index is 0.0145. The maximum Gasteiger partial charge on any atom is 0.306 e. The van der Waals surface area contributed by atoms with Gasteiger partial charge in [-0.25, -0.2) is 0 Å². The number of nitrogens with zero attached hydrogens (tertiary/aromatic N) is 2. The fourth-order valence-electron chi connectivity index (χ4n) is 3.15. The molecule has 1 fully saturated rings. The highest BCUT2D eigenvalue weighted by molar-refractivity contribution is 5.99. The van der Waals surface area contributed by atoms with Gasteiger partial charge in [-0.15, -0.1) is 0 Å². The lowest BCUT2D eigenvalue weighted by Gasteiger charge is -2.31. The Morgan fingerprint density at radius 2 is 1.96 bits per heavy atom. The van der Waals surface area contributed by atoms with E-state index in [1.807, 2.05) is 18.3 Å². The number of rotatable bonds is 4. The number of fused-ring (bicyclic) bond motifs is 1. The van der Waals surface area contributed by atoms with E-state index in [1.165, 1.54) is 4.90 Å². The van der Waals surface area contributed by atoms with E-state index >= 15 is 0 Å². The third-order valence-corrected chi connectivity index (χ3v) is 4.72. The lowest BCUT2D eigenvalue weighted by molar-refractivity contribution is -0.145. The van der Waals surface area contributed by atoms with E-state index in [-0.39, 0.29) is 24.3 Å². The van der Waals surface area contributed by atoms with Crippen LogP contribution in [0.15, 0.2) is 30.5 Å². The van der Waals surface area contributed by atoms with Crippen molar-refractivity contribution in [3.05, 3.63) is 36.0 Å². The van der Waals surface area contributed by atoms with Crippen LogP contribution >= 0.6 is 0 Å². The summed E-state index contributed by atoms with van der Waals surface area (Å²) in [5.74, 6) is -1.55. The molecule has 7 nitrogen and oxygen atoms in total. The van der Waals surface area contributed by atoms with E-state index in [2.05, 4.69) is 4.98 Å². The highest BCUT2D eigenvalue weighted by atomic mass is 16.4. The molecule has 1 aliphatic heterocycles. The summed E-state index contributed by atoms with van der Waals surface area (Å²) in [5.41, 5.74) is 1.40. The van der Waals surface area contributed by atoms with Crippen molar-refractivity contribution in [2.45, 2.75) is 12.8 Å². The van der Waals surface area contributed by atoms with E-state index in [1.54, 1.807) is 24.1 Å². The predicted molar refractivity (Wildman–Crippen MR) is 92.2 cm³/mol. The number of hydrogen-bond acceptors (Lipinski definition) is 3. The van der Waals surface area contributed by atoms with E-state index in [4.69, 9.17) is 5.11 Å². The van der Waals surface area contributed by atoms with E-state index in [0.29, 0.717) is 31.5 Å². The number of nitrogens with one attached hydrogen (secondary N) is 1. The molecule has 2 amide bonds. The highest BCUT2D eigenvalue weighted by Gasteiger charge is 2.28. The van der Waals surface area contributed by atoms with Gasteiger partial charge in [0.1, 0.15) is 0 Å². The molecule has 132 valence electrons. The second kappa shape index (κ2) is 6.96. The van der Waals surface area contributed by atoms with Gasteiger partial charge in [0, 0.05) is 37.4 Å². The summed E-state index contributed by atoms with van der Waals surface area (Å²) in [5, 5.41) is 10.0. The molecule has 0 spiro atoms. The van der Waals surface area contributed by atoms with Gasteiger partial charge in [-0.05, 0) is 36.4 Å². The minimum Gasteiger partial charge on any atom is -0.481 e. The van der Waals surface area contributed by atoms with Crippen molar-refractivity contribution in [1.82, 2.24) is 14.8 Å². The van der Waals surface area contributed by atoms with Gasteiger partial charge in [-0.2, -0.15) is 0 Å². The van der Waals surface area contributed by atoms with Crippen molar-refractivity contribution in [2.24, 2.45) is 5.92 Å². The molecule has 0 atom stereocenters. The van der Waals surface area contributed by atoms with Crippen molar-refractivity contribution < 1.29 is 19.5 Å². The number of benzene rings is 1. The van der Waals surface area contributed by atoms with Gasteiger partial charge in [-0.3, -0.25) is 14.4 Å². The summed E-state index contributed by atoms with van der Waals surface area (Å²) in [6.07, 6.45) is 2.73. The molecule has 1 aromatic heterocycles. The first-order chi connectivity index (χ1) is 12.0. The number of piperidine rings is 1. The molecule has 0 radical (unpaired) electrons. The van der Waals surface area contributed by atoms with E-state index in [9.17, 15) is 14.4 Å². The molecular weight excluding hydrogens is 322 g/mol. The number of aromatic amines is 1. The maximum absolute atomic E-state index is 12.5. The van der Waals surface area contributed by atoms with Crippen LogP contribution in [0.2, 0.25) is 0 Å². The predicted octanol–water partition coefficient (Wildman–Crippen LogP) is 1.56. The van der Waals surface area contributed by atoms with Crippen LogP contribution in [-0.2, 0) is 9.59 Å². The van der Waals surface area contributed by atoms with Crippen molar-refractivity contribution in [3.63, 3.8) is 0 Å². The van der Waals surface area contributed by atoms with Gasteiger partial charge >= 0.3 is 5.97 Å². The Labute approximate surface area is 145 Å². The van der Waals surface area contributed by atoms with Crippen LogP contribution in [0.5, 0.6) is 0 Å². The Hall–Kier alpha value is -2.83. The lowest BCUT2D eigenvalue weighted by atomic mass is 9.97. The zero-order valence-corrected chi connectivity index (χ0v) is 14.1. The number of aromatic nitrogens is 1. The first-order valence-electron chi connectivity index (χ1n) is 8.29. The number of carbonyl (C=O) groups is 3. The van der Waals surface area contributed by atoms with E-state index < -0.39 is 5.97 Å². The van der Waals surface area contributed by atoms with E-state index in [0.717, 1.165) is 10.9 Å². The van der Waals surface area contributed by atoms with Crippen molar-refractivity contribution >= 4 is 28.7 Å². The molecule has 2 N–H and O–H groups in total. The normalized spacial score (nSPS) is 15.3. The standard InChI is InChI=1S/C18H21N3O4/c1-20(11-16(22)21-8-5-13(6-9-21)18(24)25)17(23)14-3-2-12-4-7-19-15(12)10-14/h2-4,7,10,13,19H,5-6,8-9,11H2,1H3,(H,24,25). The van der Waals surface area contributed by atoms with Gasteiger partial charge < -0.3 is 19.9 Å². The quantitative estimate of drug-likeness (QED) is 0.881. The second-order valence-corrected chi connectivity index (χ2v) is 6.43. The molecule has 25 heavy (non-hydrogen) atoms. The third kappa shape index (κ3) is 3.65. The molecule has 0 bridgehead atoms. The molecule has 0 aliphatic carbocycles. The minimum atomic E-state index is -0.806. The van der Waals surface area contributed by atoms with Crippen LogP contribution in [0.4, 0.5) is 0 Å². The van der Waals surface area contributed by atoms with Crippen molar-refractivity contribution in [3.8, 4) is 0 Å². The molecule has 2 aromatic rings. The third-order valence-electron chi connectivity index (χ3n) is 4.72. The van der Waals surface area contributed by atoms with Gasteiger partial charge in [-0.1, -0.05) is 6.07 Å². The fraction of sp³-hybridized carbons (Fsp3) is 0.389. The fourth-order valence-corrected chi connectivity index (χ4v) is 3.15. The molecule has 1 aromatic carbocycles. The van der Waals surface area contributed by atoms with Gasteiger partial charge in [0.15, 0.2) is 0 Å². The number of H-pyrrole nitrogens is 1. The van der Waals surface area contributed by atoms with Crippen molar-refractivity contribution in [1.29, 1.82) is 0 Å². The number of likely N-dealkylation sites (tertiary alicyclic amines) is 1. The van der Waals surface area contributed by atoms with Gasteiger partial charge in [0.2, 0.25) is 5.91 Å². The van der Waals surface area contributed by atoms with Crippen LogP contribution in [0.1, 0.15) is 23.2 Å². The zero-order chi connectivity index (χ0) is 18.0. The number of carboxylic acid groups (broad SMARTS) is 1. The molecule has 0 unspecified atom stereocenters. The first kappa shape index (κ1) is 17.0. The lowest BCUT2D eigenvalue weighted by Crippen LogP contribution is -2.45. The summed E-state index contributed by atoms with van der Waals surface area (Å²) in [6, 6.07) is 7.32. The number of hydrogen-bond donors (Lipinski definition) is 2. The maximum atomic E-state index is 12.5. The van der Waals surface area contributed by atoms with Crippen LogP contribution in [-0.4, -0.2) is 64.4 Å². The molecule has 1 aliphatic rings. The molecule has 7 heteroatoms. The number of aliphatic carboxylic acids is 1. The largest absolute Gasteiger partial charge is 0.481 e. The molecular formula is C18H21N3O4. The van der Waals surface area contributed by atoms with Crippen LogP contribution in [0.3, 0.4) is 0 Å². The highest BCUT2D eigenvalue weighted by Crippen LogP contribution is 2.18. The topological polar surface area (TPSA) is 93.7 Å². The number of amides is 2. The summed E-state index contributed by atoms with van der Waals surface area (Å²) in [6.45, 7) is 0.831. The summed E-state index contributed by atoms with van der Waals surface area (Å²) in [4.78, 5) is 42.0. The molecule has 0 saturated carbocycles. The van der Waals surface area contributed by atoms with Gasteiger partial charge in [0.05, 0.1) is 12.5 Å². The summed E-state index contributed by atoms with van der Waals surface area (Å²) in [7, 11) is 1.60. The average molecular weight is 343 g/mol. The van der Waals surface area contributed by atoms with Crippen LogP contribution in [0, 0.1) is 5.92 Å². The Morgan fingerprint density at radius 3 is 2.64 bits per heavy atom. The zero-order valence-electron chi connectivity index (χ0n) is 14.1. The van der Waals surface area contributed by atoms with Crippen LogP contribution in [0.25, 0.3) is 10.9 Å². The number of carbonyl (C=O) groups excluding carboxylic acids is 2. The summed E-state index contributed by atoms with van der Waals surface area (Å²) >= 11 is 0. The average Bonchev–Trinajstić information content (AvgIpc) is 3.08. The molecule has 3 rings (SSSR count). The Bertz CT molecular complexity index is 806. The number of likely N-dealkylation sites (N-methyl/N-ethyl adjacent to an activating group) is 1. The van der Waals surface area contributed by atoms with Gasteiger partial charge in [0.25, 0.3) is 5.91 Å². The Morgan fingerprint density at radius 1 is 1.24 bits per heavy atom. The first-order valence-corrected chi connectivity index (χ1v) is 8.29. The SMILES string of the molecule is CN(CC(=O)N1CCC(C(=O)O)CC1)C(=O)c1ccc2cc[nH]c2c1. The van der Waals surface area contributed by atoms with Crippen LogP contribution < -0.4 is 0 Å². The Kier molecular flexibility index (Phi) is 4.74. The Balaban J connectivity index is 1.59. The van der Waals surface area contributed by atoms with Crippen molar-refractivity contribution in [2.75, 3.05) is 26.7 Å². The summed E-state index contributed by atoms with van der Waals surface area (Å²) < 4.78 is 0.